The number of nitro benzene ring substituents is 1. The van der Waals surface area contributed by atoms with Crippen LogP contribution in [0.2, 0.25) is 0 Å². The lowest BCUT2D eigenvalue weighted by Crippen LogP contribution is -2.15. The van der Waals surface area contributed by atoms with Gasteiger partial charge in [-0.2, -0.15) is 5.10 Å². The van der Waals surface area contributed by atoms with E-state index in [1.54, 1.807) is 12.1 Å². The van der Waals surface area contributed by atoms with Crippen LogP contribution in [0.5, 0.6) is 0 Å². The van der Waals surface area contributed by atoms with E-state index < -0.39 is 16.6 Å². The van der Waals surface area contributed by atoms with Crippen LogP contribution in [-0.2, 0) is 4.79 Å². The van der Waals surface area contributed by atoms with E-state index in [4.69, 9.17) is 0 Å². The highest BCUT2D eigenvalue weighted by Crippen LogP contribution is 2.27. The summed E-state index contributed by atoms with van der Waals surface area (Å²) in [5.74, 6) is -1.86. The largest absolute Gasteiger partial charge is 0.323 e. The number of carbonyl (C=O) groups is 1. The monoisotopic (exact) mass is 442 g/mol. The van der Waals surface area contributed by atoms with Gasteiger partial charge in [0.25, 0.3) is 5.69 Å². The van der Waals surface area contributed by atoms with Crippen LogP contribution < -0.4 is 5.32 Å². The van der Waals surface area contributed by atoms with Gasteiger partial charge in [0.1, 0.15) is 23.0 Å². The third-order valence-electron chi connectivity index (χ3n) is 4.18. The number of nitrogens with one attached hydrogen (secondary N) is 1. The van der Waals surface area contributed by atoms with E-state index in [-0.39, 0.29) is 22.9 Å². The van der Waals surface area contributed by atoms with Crippen molar-refractivity contribution in [2.75, 3.05) is 11.1 Å². The number of carbonyl (C=O) groups excluding carboxylic acids is 1. The first-order valence-corrected chi connectivity index (χ1v) is 9.72. The summed E-state index contributed by atoms with van der Waals surface area (Å²) in [6.07, 6.45) is 2.84. The molecule has 0 bridgehead atoms. The molecule has 9 nitrogen and oxygen atoms in total. The maximum atomic E-state index is 13.9. The Hall–Kier alpha value is -3.93. The molecule has 2 aromatic carbocycles. The smallest absolute Gasteiger partial charge is 0.271 e. The lowest BCUT2D eigenvalue weighted by Gasteiger charge is -2.07. The van der Waals surface area contributed by atoms with Crippen molar-refractivity contribution in [1.29, 1.82) is 0 Å². The van der Waals surface area contributed by atoms with E-state index >= 15 is 0 Å². The summed E-state index contributed by atoms with van der Waals surface area (Å²) in [6.45, 7) is 0. The number of anilines is 1. The molecule has 0 saturated carbocycles. The topological polar surface area (TPSA) is 116 Å². The molecule has 0 saturated heterocycles. The second kappa shape index (κ2) is 8.44. The van der Waals surface area contributed by atoms with Crippen LogP contribution in [0.3, 0.4) is 0 Å². The zero-order valence-electron chi connectivity index (χ0n) is 15.5. The number of hydrogen-bond donors (Lipinski definition) is 1. The Morgan fingerprint density at radius 2 is 1.94 bits per heavy atom. The van der Waals surface area contributed by atoms with Gasteiger partial charge >= 0.3 is 0 Å². The summed E-state index contributed by atoms with van der Waals surface area (Å²) in [5, 5.41) is 18.4. The Bertz CT molecular complexity index is 1300. The molecule has 0 fully saturated rings. The summed E-state index contributed by atoms with van der Waals surface area (Å²) in [7, 11) is 0. The number of thioether (sulfide) groups is 1. The first-order valence-electron chi connectivity index (χ1n) is 8.73. The molecule has 4 aromatic rings. The van der Waals surface area contributed by atoms with E-state index in [1.807, 2.05) is 0 Å². The predicted octanol–water partition coefficient (Wildman–Crippen LogP) is 3.73. The first kappa shape index (κ1) is 20.3. The van der Waals surface area contributed by atoms with Gasteiger partial charge in [-0.25, -0.2) is 23.4 Å². The lowest BCUT2D eigenvalue weighted by atomic mass is 10.2. The highest BCUT2D eigenvalue weighted by Gasteiger charge is 2.16. The molecule has 0 aliphatic rings. The van der Waals surface area contributed by atoms with Crippen LogP contribution in [0.1, 0.15) is 0 Å². The van der Waals surface area contributed by atoms with Gasteiger partial charge in [0.15, 0.2) is 5.65 Å². The second-order valence-corrected chi connectivity index (χ2v) is 7.17. The summed E-state index contributed by atoms with van der Waals surface area (Å²) in [5.41, 5.74) is 0.450. The Balaban J connectivity index is 1.51. The highest BCUT2D eigenvalue weighted by molar-refractivity contribution is 8.00. The van der Waals surface area contributed by atoms with Crippen LogP contribution in [0.25, 0.3) is 16.7 Å². The number of halogens is 2. The molecule has 2 aromatic heterocycles. The standard InChI is InChI=1S/C19H12F2N6O3S/c20-11-1-3-12(4-2-11)26-18-14(8-24-26)19(23-10-22-18)31-9-17(28)25-16-7-13(27(29)30)5-6-15(16)21/h1-8,10H,9H2,(H,25,28). The Morgan fingerprint density at radius 3 is 2.68 bits per heavy atom. The van der Waals surface area contributed by atoms with Crippen LogP contribution >= 0.6 is 11.8 Å². The lowest BCUT2D eigenvalue weighted by molar-refractivity contribution is -0.384. The maximum Gasteiger partial charge on any atom is 0.271 e. The second-order valence-electron chi connectivity index (χ2n) is 6.21. The molecule has 4 rings (SSSR count). The summed E-state index contributed by atoms with van der Waals surface area (Å²) < 4.78 is 28.5. The van der Waals surface area contributed by atoms with Crippen molar-refractivity contribution in [3.8, 4) is 5.69 Å². The number of fused-ring (bicyclic) bond motifs is 1. The fraction of sp³-hybridized carbons (Fsp3) is 0.0526. The van der Waals surface area contributed by atoms with Crippen molar-refractivity contribution in [3.63, 3.8) is 0 Å². The predicted molar refractivity (Wildman–Crippen MR) is 109 cm³/mol. The van der Waals surface area contributed by atoms with Gasteiger partial charge in [0, 0.05) is 12.1 Å². The molecular formula is C19H12F2N6O3S. The molecule has 0 aliphatic heterocycles. The molecular weight excluding hydrogens is 430 g/mol. The average molecular weight is 442 g/mol. The molecule has 12 heteroatoms. The molecule has 0 atom stereocenters. The third kappa shape index (κ3) is 4.33. The van der Waals surface area contributed by atoms with E-state index in [9.17, 15) is 23.7 Å². The molecule has 0 spiro atoms. The van der Waals surface area contributed by atoms with E-state index in [1.165, 1.54) is 29.3 Å². The summed E-state index contributed by atoms with van der Waals surface area (Å²) >= 11 is 1.07. The Labute approximate surface area is 177 Å². The van der Waals surface area contributed by atoms with E-state index in [0.717, 1.165) is 30.0 Å². The zero-order chi connectivity index (χ0) is 22.0. The molecule has 2 heterocycles. The van der Waals surface area contributed by atoms with E-state index in [0.29, 0.717) is 21.7 Å². The van der Waals surface area contributed by atoms with Gasteiger partial charge in [-0.15, -0.1) is 0 Å². The molecule has 31 heavy (non-hydrogen) atoms. The number of aromatic nitrogens is 4. The minimum absolute atomic E-state index is 0.129. The van der Waals surface area contributed by atoms with Crippen LogP contribution in [-0.4, -0.2) is 36.3 Å². The van der Waals surface area contributed by atoms with Gasteiger partial charge in [-0.3, -0.25) is 14.9 Å². The molecule has 1 amide bonds. The number of rotatable bonds is 6. The van der Waals surface area contributed by atoms with Crippen molar-refractivity contribution in [1.82, 2.24) is 19.7 Å². The molecule has 1 N–H and O–H groups in total. The number of nitrogens with zero attached hydrogens (tertiary/aromatic N) is 5. The van der Waals surface area contributed by atoms with Crippen molar-refractivity contribution in [2.24, 2.45) is 0 Å². The van der Waals surface area contributed by atoms with Gasteiger partial charge in [-0.05, 0) is 30.3 Å². The number of benzene rings is 2. The zero-order valence-corrected chi connectivity index (χ0v) is 16.3. The fourth-order valence-corrected chi connectivity index (χ4v) is 3.51. The van der Waals surface area contributed by atoms with Gasteiger partial charge in [-0.1, -0.05) is 11.8 Å². The Morgan fingerprint density at radius 1 is 1.16 bits per heavy atom. The molecule has 0 unspecified atom stereocenters. The Kier molecular flexibility index (Phi) is 5.54. The van der Waals surface area contributed by atoms with Crippen molar-refractivity contribution < 1.29 is 18.5 Å². The molecule has 0 aliphatic carbocycles. The quantitative estimate of drug-likeness (QED) is 0.209. The minimum Gasteiger partial charge on any atom is -0.323 e. The number of hydrogen-bond acceptors (Lipinski definition) is 7. The van der Waals surface area contributed by atoms with Crippen LogP contribution in [0.15, 0.2) is 60.0 Å². The SMILES string of the molecule is O=C(CSc1ncnc2c1cnn2-c1ccc(F)cc1)Nc1cc([N+](=O)[O-])ccc1F. The molecule has 156 valence electrons. The normalized spacial score (nSPS) is 10.9. The maximum absolute atomic E-state index is 13.9. The van der Waals surface area contributed by atoms with Crippen molar-refractivity contribution in [2.45, 2.75) is 5.03 Å². The number of nitro groups is 1. The molecule has 0 radical (unpaired) electrons. The third-order valence-corrected chi connectivity index (χ3v) is 5.18. The van der Waals surface area contributed by atoms with Gasteiger partial charge in [0.05, 0.1) is 33.6 Å². The summed E-state index contributed by atoms with van der Waals surface area (Å²) in [4.78, 5) is 30.8. The minimum atomic E-state index is -0.783. The van der Waals surface area contributed by atoms with Gasteiger partial charge in [0.2, 0.25) is 5.91 Å². The first-order chi connectivity index (χ1) is 14.9. The summed E-state index contributed by atoms with van der Waals surface area (Å²) in [6, 6.07) is 8.59. The van der Waals surface area contributed by atoms with Gasteiger partial charge < -0.3 is 5.32 Å². The van der Waals surface area contributed by atoms with Crippen LogP contribution in [0.4, 0.5) is 20.2 Å². The number of non-ortho nitro benzene ring substituents is 1. The van der Waals surface area contributed by atoms with E-state index in [2.05, 4.69) is 20.4 Å². The van der Waals surface area contributed by atoms with Crippen LogP contribution in [0, 0.1) is 21.7 Å². The van der Waals surface area contributed by atoms with Crippen molar-refractivity contribution in [3.05, 3.63) is 76.7 Å². The number of amides is 1. The average Bonchev–Trinajstić information content (AvgIpc) is 3.19. The fourth-order valence-electron chi connectivity index (χ4n) is 2.75. The van der Waals surface area contributed by atoms with Crippen molar-refractivity contribution >= 4 is 40.1 Å². The highest BCUT2D eigenvalue weighted by atomic mass is 32.2.